The standard InChI is InChI=1S/C16H25NO2/c1-5-13(4)15(17-12(2)3)16(18)19-11-14-9-7-6-8-10-14/h6-10,12-13,15,17H,5,11H2,1-4H3/t13-,15-/m0/s1. The summed E-state index contributed by atoms with van der Waals surface area (Å²) in [5, 5.41) is 3.29. The van der Waals surface area contributed by atoms with Gasteiger partial charge >= 0.3 is 5.97 Å². The van der Waals surface area contributed by atoms with Crippen molar-refractivity contribution in [2.75, 3.05) is 0 Å². The van der Waals surface area contributed by atoms with E-state index in [1.807, 2.05) is 44.2 Å². The van der Waals surface area contributed by atoms with E-state index >= 15 is 0 Å². The molecule has 1 aromatic carbocycles. The molecule has 0 aromatic heterocycles. The predicted molar refractivity (Wildman–Crippen MR) is 77.8 cm³/mol. The van der Waals surface area contributed by atoms with Crippen LogP contribution in [-0.4, -0.2) is 18.1 Å². The van der Waals surface area contributed by atoms with Gasteiger partial charge in [0, 0.05) is 6.04 Å². The highest BCUT2D eigenvalue weighted by Crippen LogP contribution is 2.11. The fourth-order valence-electron chi connectivity index (χ4n) is 1.88. The molecule has 3 heteroatoms. The molecular formula is C16H25NO2. The number of rotatable bonds is 7. The Hall–Kier alpha value is -1.35. The molecule has 2 atom stereocenters. The highest BCUT2D eigenvalue weighted by atomic mass is 16.5. The van der Waals surface area contributed by atoms with Crippen LogP contribution >= 0.6 is 0 Å². The van der Waals surface area contributed by atoms with Crippen LogP contribution in [0.4, 0.5) is 0 Å². The third-order valence-corrected chi connectivity index (χ3v) is 3.20. The normalized spacial score (nSPS) is 14.2. The molecule has 0 radical (unpaired) electrons. The molecule has 0 aliphatic rings. The van der Waals surface area contributed by atoms with Gasteiger partial charge < -0.3 is 10.1 Å². The lowest BCUT2D eigenvalue weighted by Gasteiger charge is -2.24. The van der Waals surface area contributed by atoms with Crippen molar-refractivity contribution in [1.29, 1.82) is 0 Å². The third-order valence-electron chi connectivity index (χ3n) is 3.20. The maximum absolute atomic E-state index is 12.2. The molecule has 0 saturated heterocycles. The van der Waals surface area contributed by atoms with E-state index in [0.717, 1.165) is 12.0 Å². The SMILES string of the molecule is CC[C@H](C)[C@H](NC(C)C)C(=O)OCc1ccccc1. The summed E-state index contributed by atoms with van der Waals surface area (Å²) in [5.41, 5.74) is 1.02. The molecule has 1 rings (SSSR count). The molecule has 0 spiro atoms. The van der Waals surface area contributed by atoms with E-state index in [-0.39, 0.29) is 24.0 Å². The first kappa shape index (κ1) is 15.7. The Kier molecular flexibility index (Phi) is 6.57. The van der Waals surface area contributed by atoms with Crippen LogP contribution in [0, 0.1) is 5.92 Å². The number of ether oxygens (including phenoxy) is 1. The minimum Gasteiger partial charge on any atom is -0.460 e. The summed E-state index contributed by atoms with van der Waals surface area (Å²) in [6.07, 6.45) is 0.949. The number of nitrogens with one attached hydrogen (secondary N) is 1. The molecule has 0 heterocycles. The van der Waals surface area contributed by atoms with Crippen molar-refractivity contribution >= 4 is 5.97 Å². The van der Waals surface area contributed by atoms with Gasteiger partial charge in [-0.05, 0) is 11.5 Å². The Morgan fingerprint density at radius 3 is 2.37 bits per heavy atom. The summed E-state index contributed by atoms with van der Waals surface area (Å²) in [5.74, 6) is 0.109. The maximum atomic E-state index is 12.2. The van der Waals surface area contributed by atoms with Crippen LogP contribution in [-0.2, 0) is 16.1 Å². The zero-order valence-corrected chi connectivity index (χ0v) is 12.3. The minimum atomic E-state index is -0.228. The van der Waals surface area contributed by atoms with Gasteiger partial charge in [0.1, 0.15) is 12.6 Å². The molecule has 3 nitrogen and oxygen atoms in total. The van der Waals surface area contributed by atoms with Gasteiger partial charge in [0.15, 0.2) is 0 Å². The van der Waals surface area contributed by atoms with Gasteiger partial charge in [-0.2, -0.15) is 0 Å². The lowest BCUT2D eigenvalue weighted by molar-refractivity contribution is -0.149. The lowest BCUT2D eigenvalue weighted by Crippen LogP contribution is -2.46. The summed E-state index contributed by atoms with van der Waals surface area (Å²) in [4.78, 5) is 12.2. The molecule has 0 aliphatic carbocycles. The number of carbonyl (C=O) groups excluding carboxylic acids is 1. The average molecular weight is 263 g/mol. The molecule has 0 aliphatic heterocycles. The zero-order valence-electron chi connectivity index (χ0n) is 12.3. The molecule has 106 valence electrons. The monoisotopic (exact) mass is 263 g/mol. The van der Waals surface area contributed by atoms with Gasteiger partial charge in [0.05, 0.1) is 0 Å². The Morgan fingerprint density at radius 2 is 1.84 bits per heavy atom. The van der Waals surface area contributed by atoms with Gasteiger partial charge in [-0.1, -0.05) is 64.4 Å². The Balaban J connectivity index is 2.56. The molecule has 0 bridgehead atoms. The summed E-state index contributed by atoms with van der Waals surface area (Å²) in [7, 11) is 0. The molecule has 0 amide bonds. The molecule has 0 fully saturated rings. The van der Waals surface area contributed by atoms with E-state index in [9.17, 15) is 4.79 Å². The van der Waals surface area contributed by atoms with Crippen molar-refractivity contribution in [1.82, 2.24) is 5.32 Å². The molecule has 0 unspecified atom stereocenters. The van der Waals surface area contributed by atoms with Crippen LogP contribution in [0.15, 0.2) is 30.3 Å². The second-order valence-electron chi connectivity index (χ2n) is 5.28. The van der Waals surface area contributed by atoms with Crippen molar-refractivity contribution < 1.29 is 9.53 Å². The highest BCUT2D eigenvalue weighted by molar-refractivity contribution is 5.76. The predicted octanol–water partition coefficient (Wildman–Crippen LogP) is 3.14. The minimum absolute atomic E-state index is 0.160. The number of hydrogen-bond acceptors (Lipinski definition) is 3. The topological polar surface area (TPSA) is 38.3 Å². The first-order chi connectivity index (χ1) is 9.04. The first-order valence-corrected chi connectivity index (χ1v) is 7.01. The molecule has 1 aromatic rings. The van der Waals surface area contributed by atoms with Gasteiger partial charge in [-0.3, -0.25) is 4.79 Å². The maximum Gasteiger partial charge on any atom is 0.323 e. The van der Waals surface area contributed by atoms with Crippen molar-refractivity contribution in [3.05, 3.63) is 35.9 Å². The second-order valence-corrected chi connectivity index (χ2v) is 5.28. The third kappa shape index (κ3) is 5.43. The smallest absolute Gasteiger partial charge is 0.323 e. The fourth-order valence-corrected chi connectivity index (χ4v) is 1.88. The fraction of sp³-hybridized carbons (Fsp3) is 0.562. The van der Waals surface area contributed by atoms with Crippen molar-refractivity contribution in [3.63, 3.8) is 0 Å². The zero-order chi connectivity index (χ0) is 14.3. The number of benzene rings is 1. The summed E-state index contributed by atoms with van der Waals surface area (Å²) in [6, 6.07) is 9.80. The van der Waals surface area contributed by atoms with E-state index in [0.29, 0.717) is 6.61 Å². The molecule has 0 saturated carbocycles. The van der Waals surface area contributed by atoms with Crippen LogP contribution in [0.2, 0.25) is 0 Å². The summed E-state index contributed by atoms with van der Waals surface area (Å²) >= 11 is 0. The van der Waals surface area contributed by atoms with Gasteiger partial charge in [0.2, 0.25) is 0 Å². The quantitative estimate of drug-likeness (QED) is 0.768. The Morgan fingerprint density at radius 1 is 1.21 bits per heavy atom. The van der Waals surface area contributed by atoms with Crippen LogP contribution in [0.25, 0.3) is 0 Å². The molecular weight excluding hydrogens is 238 g/mol. The van der Waals surface area contributed by atoms with Gasteiger partial charge in [-0.25, -0.2) is 0 Å². The summed E-state index contributed by atoms with van der Waals surface area (Å²) in [6.45, 7) is 8.58. The largest absolute Gasteiger partial charge is 0.460 e. The van der Waals surface area contributed by atoms with E-state index in [1.54, 1.807) is 0 Å². The van der Waals surface area contributed by atoms with Crippen LogP contribution in [0.5, 0.6) is 0 Å². The lowest BCUT2D eigenvalue weighted by atomic mass is 9.98. The number of carbonyl (C=O) groups is 1. The number of hydrogen-bond donors (Lipinski definition) is 1. The molecule has 19 heavy (non-hydrogen) atoms. The Labute approximate surface area is 116 Å². The van der Waals surface area contributed by atoms with Crippen LogP contribution < -0.4 is 5.32 Å². The van der Waals surface area contributed by atoms with Gasteiger partial charge in [-0.15, -0.1) is 0 Å². The van der Waals surface area contributed by atoms with Gasteiger partial charge in [0.25, 0.3) is 0 Å². The van der Waals surface area contributed by atoms with E-state index in [2.05, 4.69) is 19.2 Å². The second kappa shape index (κ2) is 7.95. The van der Waals surface area contributed by atoms with E-state index < -0.39 is 0 Å². The molecule has 1 N–H and O–H groups in total. The van der Waals surface area contributed by atoms with E-state index in [4.69, 9.17) is 4.74 Å². The average Bonchev–Trinajstić information content (AvgIpc) is 2.42. The Bertz CT molecular complexity index is 376. The first-order valence-electron chi connectivity index (χ1n) is 7.01. The van der Waals surface area contributed by atoms with Crippen molar-refractivity contribution in [2.45, 2.75) is 52.8 Å². The number of esters is 1. The van der Waals surface area contributed by atoms with Crippen molar-refractivity contribution in [3.8, 4) is 0 Å². The highest BCUT2D eigenvalue weighted by Gasteiger charge is 2.25. The van der Waals surface area contributed by atoms with Crippen LogP contribution in [0.3, 0.4) is 0 Å². The summed E-state index contributed by atoms with van der Waals surface area (Å²) < 4.78 is 5.41. The van der Waals surface area contributed by atoms with E-state index in [1.165, 1.54) is 0 Å². The van der Waals surface area contributed by atoms with Crippen molar-refractivity contribution in [2.24, 2.45) is 5.92 Å². The van der Waals surface area contributed by atoms with Crippen LogP contribution in [0.1, 0.15) is 39.7 Å².